The zero-order valence-corrected chi connectivity index (χ0v) is 16.0. The molecule has 1 saturated heterocycles. The van der Waals surface area contributed by atoms with Crippen LogP contribution in [0.25, 0.3) is 0 Å². The third-order valence-electron chi connectivity index (χ3n) is 4.29. The number of morpholine rings is 1. The maximum Gasteiger partial charge on any atom is 0.325 e. The van der Waals surface area contributed by atoms with Crippen LogP contribution >= 0.6 is 0 Å². The molecule has 10 nitrogen and oxygen atoms in total. The summed E-state index contributed by atoms with van der Waals surface area (Å²) in [6.07, 6.45) is 0. The molecule has 0 saturated carbocycles. The molecule has 1 aliphatic rings. The monoisotopic (exact) mass is 394 g/mol. The highest BCUT2D eigenvalue weighted by atomic mass is 16.6. The van der Waals surface area contributed by atoms with Crippen molar-refractivity contribution >= 4 is 17.7 Å². The lowest BCUT2D eigenvalue weighted by atomic mass is 10.2. The lowest BCUT2D eigenvalue weighted by Gasteiger charge is -2.30. The lowest BCUT2D eigenvalue weighted by Crippen LogP contribution is -2.46. The van der Waals surface area contributed by atoms with E-state index in [1.807, 2.05) is 0 Å². The molecule has 1 aliphatic heterocycles. The molecule has 0 radical (unpaired) electrons. The number of hydrogen-bond acceptors (Lipinski definition) is 7. The van der Waals surface area contributed by atoms with Crippen molar-refractivity contribution in [1.82, 2.24) is 15.1 Å². The van der Waals surface area contributed by atoms with Crippen LogP contribution in [0.4, 0.5) is 10.5 Å². The van der Waals surface area contributed by atoms with Gasteiger partial charge < -0.3 is 19.7 Å². The number of amides is 2. The molecular weight excluding hydrogens is 368 g/mol. The van der Waals surface area contributed by atoms with E-state index in [1.165, 1.54) is 12.1 Å². The Labute approximate surface area is 163 Å². The van der Waals surface area contributed by atoms with Crippen LogP contribution in [0.5, 0.6) is 0 Å². The second-order valence-electron chi connectivity index (χ2n) is 6.26. The maximum atomic E-state index is 12.6. The van der Waals surface area contributed by atoms with Crippen molar-refractivity contribution in [3.63, 3.8) is 0 Å². The first-order valence-electron chi connectivity index (χ1n) is 9.21. The van der Waals surface area contributed by atoms with E-state index in [0.717, 1.165) is 18.7 Å². The van der Waals surface area contributed by atoms with Crippen LogP contribution in [0.1, 0.15) is 12.5 Å². The molecule has 0 bridgehead atoms. The smallest absolute Gasteiger partial charge is 0.325 e. The number of esters is 1. The average molecular weight is 394 g/mol. The molecule has 1 heterocycles. The molecular formula is C18H26N4O6. The fourth-order valence-electron chi connectivity index (χ4n) is 2.75. The molecule has 2 rings (SSSR count). The van der Waals surface area contributed by atoms with Crippen LogP contribution in [-0.4, -0.2) is 79.3 Å². The van der Waals surface area contributed by atoms with Gasteiger partial charge in [-0.15, -0.1) is 0 Å². The number of carbonyl (C=O) groups excluding carboxylic acids is 2. The van der Waals surface area contributed by atoms with Gasteiger partial charge in [-0.2, -0.15) is 0 Å². The summed E-state index contributed by atoms with van der Waals surface area (Å²) >= 11 is 0. The number of benzene rings is 1. The molecule has 28 heavy (non-hydrogen) atoms. The Bertz CT molecular complexity index is 661. The van der Waals surface area contributed by atoms with Gasteiger partial charge in [-0.3, -0.25) is 19.8 Å². The van der Waals surface area contributed by atoms with Crippen LogP contribution in [-0.2, 0) is 20.8 Å². The maximum absolute atomic E-state index is 12.6. The van der Waals surface area contributed by atoms with Crippen molar-refractivity contribution < 1.29 is 24.0 Å². The quantitative estimate of drug-likeness (QED) is 0.377. The Morgan fingerprint density at radius 1 is 1.29 bits per heavy atom. The summed E-state index contributed by atoms with van der Waals surface area (Å²) in [5.41, 5.74) is 0.759. The molecule has 1 N–H and O–H groups in total. The third-order valence-corrected chi connectivity index (χ3v) is 4.29. The molecule has 0 unspecified atom stereocenters. The van der Waals surface area contributed by atoms with E-state index in [-0.39, 0.29) is 31.4 Å². The van der Waals surface area contributed by atoms with Gasteiger partial charge in [0.2, 0.25) is 0 Å². The van der Waals surface area contributed by atoms with E-state index in [9.17, 15) is 19.7 Å². The topological polar surface area (TPSA) is 114 Å². The molecule has 10 heteroatoms. The number of nitro groups is 1. The van der Waals surface area contributed by atoms with E-state index < -0.39 is 10.9 Å². The minimum atomic E-state index is -0.501. The van der Waals surface area contributed by atoms with Gasteiger partial charge in [-0.25, -0.2) is 4.79 Å². The number of nitrogens with one attached hydrogen (secondary N) is 1. The first kappa shape index (κ1) is 21.6. The number of carbonyl (C=O) groups is 2. The molecule has 1 aromatic carbocycles. The Balaban J connectivity index is 1.98. The lowest BCUT2D eigenvalue weighted by molar-refractivity contribution is -0.384. The SMILES string of the molecule is CCOC(=O)CNC(=O)N(CCN1CCOCC1)Cc1ccc([N+](=O)[O-])cc1. The van der Waals surface area contributed by atoms with E-state index in [1.54, 1.807) is 24.0 Å². The Morgan fingerprint density at radius 3 is 2.57 bits per heavy atom. The highest BCUT2D eigenvalue weighted by molar-refractivity contribution is 5.80. The van der Waals surface area contributed by atoms with Crippen LogP contribution in [0.2, 0.25) is 0 Å². The van der Waals surface area contributed by atoms with Crippen molar-refractivity contribution in [3.8, 4) is 0 Å². The molecule has 0 atom stereocenters. The molecule has 0 aromatic heterocycles. The van der Waals surface area contributed by atoms with E-state index >= 15 is 0 Å². The second-order valence-corrected chi connectivity index (χ2v) is 6.26. The molecule has 154 valence electrons. The zero-order valence-electron chi connectivity index (χ0n) is 16.0. The number of hydrogen-bond donors (Lipinski definition) is 1. The number of urea groups is 1. The summed E-state index contributed by atoms with van der Waals surface area (Å²) in [6, 6.07) is 5.68. The average Bonchev–Trinajstić information content (AvgIpc) is 2.70. The second kappa shape index (κ2) is 11.2. The van der Waals surface area contributed by atoms with Gasteiger partial charge in [-0.1, -0.05) is 12.1 Å². The molecule has 2 amide bonds. The largest absolute Gasteiger partial charge is 0.465 e. The first-order chi connectivity index (χ1) is 13.5. The summed E-state index contributed by atoms with van der Waals surface area (Å²) in [5, 5.41) is 13.4. The first-order valence-corrected chi connectivity index (χ1v) is 9.21. The minimum Gasteiger partial charge on any atom is -0.465 e. The number of non-ortho nitro benzene ring substituents is 1. The van der Waals surface area contributed by atoms with Crippen molar-refractivity contribution in [2.45, 2.75) is 13.5 Å². The number of rotatable bonds is 9. The van der Waals surface area contributed by atoms with Gasteiger partial charge >= 0.3 is 12.0 Å². The van der Waals surface area contributed by atoms with Crippen LogP contribution in [0.15, 0.2) is 24.3 Å². The number of nitrogens with zero attached hydrogens (tertiary/aromatic N) is 3. The predicted molar refractivity (Wildman–Crippen MR) is 101 cm³/mol. The molecule has 0 aliphatic carbocycles. The van der Waals surface area contributed by atoms with Gasteiger partial charge in [0, 0.05) is 44.9 Å². The highest BCUT2D eigenvalue weighted by Crippen LogP contribution is 2.14. The third kappa shape index (κ3) is 7.12. The van der Waals surface area contributed by atoms with Gasteiger partial charge in [-0.05, 0) is 12.5 Å². The fraction of sp³-hybridized carbons (Fsp3) is 0.556. The summed E-state index contributed by atoms with van der Waals surface area (Å²) < 4.78 is 10.1. The highest BCUT2D eigenvalue weighted by Gasteiger charge is 2.18. The van der Waals surface area contributed by atoms with E-state index in [4.69, 9.17) is 9.47 Å². The van der Waals surface area contributed by atoms with Crippen molar-refractivity contribution in [2.75, 3.05) is 52.5 Å². The number of nitro benzene ring substituents is 1. The summed E-state index contributed by atoms with van der Waals surface area (Å²) in [5.74, 6) is -0.501. The molecule has 0 spiro atoms. The zero-order chi connectivity index (χ0) is 20.4. The normalized spacial score (nSPS) is 14.3. The molecule has 1 fully saturated rings. The summed E-state index contributed by atoms with van der Waals surface area (Å²) in [7, 11) is 0. The van der Waals surface area contributed by atoms with Crippen molar-refractivity contribution in [3.05, 3.63) is 39.9 Å². The standard InChI is InChI=1S/C18H26N4O6/c1-2-28-17(23)13-19-18(24)21(8-7-20-9-11-27-12-10-20)14-15-3-5-16(6-4-15)22(25)26/h3-6H,2,7-14H2,1H3,(H,19,24). The van der Waals surface area contributed by atoms with Crippen LogP contribution in [0, 0.1) is 10.1 Å². The minimum absolute atomic E-state index is 0.00428. The van der Waals surface area contributed by atoms with Gasteiger partial charge in [0.15, 0.2) is 0 Å². The summed E-state index contributed by atoms with van der Waals surface area (Å²) in [4.78, 5) is 38.2. The Hall–Kier alpha value is -2.72. The van der Waals surface area contributed by atoms with Crippen LogP contribution in [0.3, 0.4) is 0 Å². The van der Waals surface area contributed by atoms with Crippen molar-refractivity contribution in [1.29, 1.82) is 0 Å². The van der Waals surface area contributed by atoms with Gasteiger partial charge in [0.25, 0.3) is 5.69 Å². The Morgan fingerprint density at radius 2 is 1.96 bits per heavy atom. The summed E-state index contributed by atoms with van der Waals surface area (Å²) in [6.45, 7) is 6.06. The molecule has 1 aromatic rings. The van der Waals surface area contributed by atoms with Gasteiger partial charge in [0.05, 0.1) is 24.7 Å². The van der Waals surface area contributed by atoms with E-state index in [0.29, 0.717) is 26.3 Å². The Kier molecular flexibility index (Phi) is 8.63. The van der Waals surface area contributed by atoms with Crippen molar-refractivity contribution in [2.24, 2.45) is 0 Å². The fourth-order valence-corrected chi connectivity index (χ4v) is 2.75. The van der Waals surface area contributed by atoms with Crippen LogP contribution < -0.4 is 5.32 Å². The van der Waals surface area contributed by atoms with E-state index in [2.05, 4.69) is 10.2 Å². The number of ether oxygens (including phenoxy) is 2. The van der Waals surface area contributed by atoms with Gasteiger partial charge in [0.1, 0.15) is 6.54 Å². The predicted octanol–water partition coefficient (Wildman–Crippen LogP) is 1.00.